The normalized spacial score (nSPS) is 10.9. The zero-order valence-electron chi connectivity index (χ0n) is 16.6. The highest BCUT2D eigenvalue weighted by atomic mass is 79.9. The summed E-state index contributed by atoms with van der Waals surface area (Å²) in [6.45, 7) is 6.43. The van der Waals surface area contributed by atoms with Crippen LogP contribution in [0.4, 0.5) is 0 Å². The van der Waals surface area contributed by atoms with E-state index in [2.05, 4.69) is 26.2 Å². The number of amides is 1. The van der Waals surface area contributed by atoms with Crippen LogP contribution in [0.1, 0.15) is 38.6 Å². The Kier molecular flexibility index (Phi) is 5.88. The van der Waals surface area contributed by atoms with Crippen molar-refractivity contribution in [2.45, 2.75) is 33.9 Å². The monoisotopic (exact) mass is 446 g/mol. The fourth-order valence-electron chi connectivity index (χ4n) is 2.85. The van der Waals surface area contributed by atoms with E-state index in [9.17, 15) is 4.79 Å². The van der Waals surface area contributed by atoms with E-state index in [1.54, 1.807) is 29.7 Å². The maximum Gasteiger partial charge on any atom is 0.276 e. The lowest BCUT2D eigenvalue weighted by atomic mass is 10.1. The lowest BCUT2D eigenvalue weighted by molar-refractivity contribution is 0.0769. The number of aromatic nitrogens is 3. The van der Waals surface area contributed by atoms with Gasteiger partial charge in [-0.3, -0.25) is 9.48 Å². The summed E-state index contributed by atoms with van der Waals surface area (Å²) in [4.78, 5) is 14.5. The third-order valence-electron chi connectivity index (χ3n) is 4.86. The van der Waals surface area contributed by atoms with Crippen LogP contribution in [0.2, 0.25) is 0 Å². The van der Waals surface area contributed by atoms with Crippen LogP contribution in [0.15, 0.2) is 33.4 Å². The first-order valence-electron chi connectivity index (χ1n) is 8.85. The molecule has 0 N–H and O–H groups in total. The number of nitrogens with zero attached hydrogens (tertiary/aromatic N) is 4. The summed E-state index contributed by atoms with van der Waals surface area (Å²) in [5.41, 5.74) is 4.04. The molecule has 3 rings (SSSR count). The molecule has 2 aromatic heterocycles. The minimum Gasteiger partial charge on any atom is -0.488 e. The van der Waals surface area contributed by atoms with Gasteiger partial charge in [0.2, 0.25) is 0 Å². The molecule has 0 radical (unpaired) electrons. The Balaban J connectivity index is 1.78. The molecule has 2 heterocycles. The fraction of sp³-hybridized carbons (Fsp3) is 0.350. The van der Waals surface area contributed by atoms with E-state index in [0.717, 1.165) is 27.0 Å². The van der Waals surface area contributed by atoms with Crippen LogP contribution < -0.4 is 4.74 Å². The smallest absolute Gasteiger partial charge is 0.276 e. The van der Waals surface area contributed by atoms with Crippen molar-refractivity contribution in [3.63, 3.8) is 0 Å². The molecule has 28 heavy (non-hydrogen) atoms. The van der Waals surface area contributed by atoms with Gasteiger partial charge in [0.25, 0.3) is 5.91 Å². The number of benzene rings is 1. The lowest BCUT2D eigenvalue weighted by Gasteiger charge is -2.17. The van der Waals surface area contributed by atoms with Gasteiger partial charge in [-0.05, 0) is 53.9 Å². The second kappa shape index (κ2) is 8.18. The van der Waals surface area contributed by atoms with E-state index >= 15 is 0 Å². The molecule has 1 aromatic carbocycles. The molecular formula is C20H23BrN4O3. The zero-order valence-corrected chi connectivity index (χ0v) is 18.2. The van der Waals surface area contributed by atoms with Crippen LogP contribution in [0.5, 0.6) is 5.75 Å². The Hall–Kier alpha value is -2.61. The Morgan fingerprint density at radius 3 is 2.75 bits per heavy atom. The Morgan fingerprint density at radius 1 is 1.32 bits per heavy atom. The van der Waals surface area contributed by atoms with Crippen LogP contribution >= 0.6 is 15.9 Å². The van der Waals surface area contributed by atoms with E-state index in [-0.39, 0.29) is 18.2 Å². The van der Waals surface area contributed by atoms with Gasteiger partial charge in [-0.25, -0.2) is 0 Å². The standard InChI is InChI=1S/C20H23BrN4O3/c1-12-7-6-8-18(13(12)2)27-11-15-14(3)28-23-19(15)20(26)24(4)10-17-16(21)9-22-25(17)5/h6-9H,10-11H2,1-5H3. The number of hydrogen-bond donors (Lipinski definition) is 0. The van der Waals surface area contributed by atoms with Gasteiger partial charge in [-0.1, -0.05) is 17.3 Å². The van der Waals surface area contributed by atoms with E-state index in [4.69, 9.17) is 9.26 Å². The highest BCUT2D eigenvalue weighted by molar-refractivity contribution is 9.10. The topological polar surface area (TPSA) is 73.4 Å². The molecule has 0 unspecified atom stereocenters. The van der Waals surface area contributed by atoms with Crippen LogP contribution in [0.25, 0.3) is 0 Å². The van der Waals surface area contributed by atoms with Crippen LogP contribution in [-0.2, 0) is 20.2 Å². The van der Waals surface area contributed by atoms with Crippen molar-refractivity contribution < 1.29 is 14.1 Å². The molecule has 148 valence electrons. The van der Waals surface area contributed by atoms with Gasteiger partial charge in [-0.2, -0.15) is 5.10 Å². The Labute approximate surface area is 172 Å². The van der Waals surface area contributed by atoms with Crippen molar-refractivity contribution in [1.29, 1.82) is 0 Å². The van der Waals surface area contributed by atoms with Gasteiger partial charge in [-0.15, -0.1) is 0 Å². The van der Waals surface area contributed by atoms with Gasteiger partial charge >= 0.3 is 0 Å². The van der Waals surface area contributed by atoms with Gasteiger partial charge in [0, 0.05) is 14.1 Å². The second-order valence-corrected chi connectivity index (χ2v) is 7.63. The molecule has 0 fully saturated rings. The number of hydrogen-bond acceptors (Lipinski definition) is 5. The zero-order chi connectivity index (χ0) is 20.4. The molecule has 7 nitrogen and oxygen atoms in total. The molecular weight excluding hydrogens is 424 g/mol. The summed E-state index contributed by atoms with van der Waals surface area (Å²) in [5.74, 6) is 1.12. The predicted molar refractivity (Wildman–Crippen MR) is 108 cm³/mol. The van der Waals surface area contributed by atoms with Gasteiger partial charge in [0.1, 0.15) is 18.1 Å². The number of ether oxygens (including phenoxy) is 1. The quantitative estimate of drug-likeness (QED) is 0.572. The van der Waals surface area contributed by atoms with E-state index in [0.29, 0.717) is 17.9 Å². The number of carbonyl (C=O) groups is 1. The number of carbonyl (C=O) groups excluding carboxylic acids is 1. The van der Waals surface area contributed by atoms with Crippen molar-refractivity contribution in [3.05, 3.63) is 62.7 Å². The SMILES string of the molecule is Cc1cccc(OCc2c(C(=O)N(C)Cc3c(Br)cnn3C)noc2C)c1C. The summed E-state index contributed by atoms with van der Waals surface area (Å²) in [5, 5.41) is 8.16. The van der Waals surface area contributed by atoms with Crippen LogP contribution in [-0.4, -0.2) is 32.8 Å². The predicted octanol–water partition coefficient (Wildman–Crippen LogP) is 3.95. The van der Waals surface area contributed by atoms with E-state index in [1.807, 2.05) is 39.1 Å². The van der Waals surface area contributed by atoms with Gasteiger partial charge < -0.3 is 14.2 Å². The first-order valence-corrected chi connectivity index (χ1v) is 9.65. The average molecular weight is 447 g/mol. The molecule has 0 atom stereocenters. The molecule has 0 bridgehead atoms. The molecule has 0 aliphatic carbocycles. The van der Waals surface area contributed by atoms with Gasteiger partial charge in [0.05, 0.1) is 28.5 Å². The summed E-state index contributed by atoms with van der Waals surface area (Å²) < 4.78 is 13.8. The first kappa shape index (κ1) is 20.1. The Bertz CT molecular complexity index is 990. The average Bonchev–Trinajstić information content (AvgIpc) is 3.19. The highest BCUT2D eigenvalue weighted by Crippen LogP contribution is 2.24. The number of halogens is 1. The summed E-state index contributed by atoms with van der Waals surface area (Å²) in [6.07, 6.45) is 1.71. The van der Waals surface area contributed by atoms with Crippen molar-refractivity contribution in [2.75, 3.05) is 7.05 Å². The molecule has 0 spiro atoms. The maximum atomic E-state index is 13.0. The lowest BCUT2D eigenvalue weighted by Crippen LogP contribution is -2.28. The van der Waals surface area contributed by atoms with Crippen LogP contribution in [0, 0.1) is 20.8 Å². The summed E-state index contributed by atoms with van der Waals surface area (Å²) in [7, 11) is 3.56. The summed E-state index contributed by atoms with van der Waals surface area (Å²) in [6, 6.07) is 5.90. The number of rotatable bonds is 6. The fourth-order valence-corrected chi connectivity index (χ4v) is 3.32. The molecule has 8 heteroatoms. The maximum absolute atomic E-state index is 13.0. The third kappa shape index (κ3) is 3.96. The highest BCUT2D eigenvalue weighted by Gasteiger charge is 2.24. The Morgan fingerprint density at radius 2 is 2.07 bits per heavy atom. The largest absolute Gasteiger partial charge is 0.488 e. The molecule has 0 aliphatic rings. The van der Waals surface area contributed by atoms with E-state index < -0.39 is 0 Å². The minimum absolute atomic E-state index is 0.212. The summed E-state index contributed by atoms with van der Waals surface area (Å²) >= 11 is 3.46. The van der Waals surface area contributed by atoms with Crippen molar-refractivity contribution in [1.82, 2.24) is 19.8 Å². The molecule has 0 saturated heterocycles. The van der Waals surface area contributed by atoms with Crippen LogP contribution in [0.3, 0.4) is 0 Å². The van der Waals surface area contributed by atoms with Crippen molar-refractivity contribution in [2.24, 2.45) is 7.05 Å². The second-order valence-electron chi connectivity index (χ2n) is 6.78. The molecule has 1 amide bonds. The van der Waals surface area contributed by atoms with Crippen molar-refractivity contribution in [3.8, 4) is 5.75 Å². The van der Waals surface area contributed by atoms with E-state index in [1.165, 1.54) is 0 Å². The molecule has 0 aliphatic heterocycles. The van der Waals surface area contributed by atoms with Crippen molar-refractivity contribution >= 4 is 21.8 Å². The minimum atomic E-state index is -0.232. The molecule has 3 aromatic rings. The number of aryl methyl sites for hydroxylation is 3. The third-order valence-corrected chi connectivity index (χ3v) is 5.52. The first-order chi connectivity index (χ1) is 13.3. The van der Waals surface area contributed by atoms with Gasteiger partial charge in [0.15, 0.2) is 5.69 Å². The molecule has 0 saturated carbocycles.